The molecule has 148 valence electrons. The summed E-state index contributed by atoms with van der Waals surface area (Å²) >= 11 is 0. The smallest absolute Gasteiger partial charge is 0.360 e. The molecule has 0 aliphatic carbocycles. The van der Waals surface area contributed by atoms with Crippen molar-refractivity contribution in [2.24, 2.45) is 10.7 Å². The number of aliphatic imine (C=N–C) groups is 1. The van der Waals surface area contributed by atoms with Crippen molar-refractivity contribution in [3.8, 4) is 0 Å². The van der Waals surface area contributed by atoms with E-state index in [1.54, 1.807) is 6.20 Å². The summed E-state index contributed by atoms with van der Waals surface area (Å²) in [5.74, 6) is 0.0490. The lowest BCUT2D eigenvalue weighted by atomic mass is 10.0. The third-order valence-corrected chi connectivity index (χ3v) is 5.22. The Kier molecular flexibility index (Phi) is 11.1. The van der Waals surface area contributed by atoms with Crippen LogP contribution in [0.15, 0.2) is 30.0 Å². The lowest BCUT2D eigenvalue weighted by Crippen LogP contribution is -2.59. The fraction of sp³-hybridized carbons (Fsp3) is 0.714. The van der Waals surface area contributed by atoms with Crippen LogP contribution in [0.1, 0.15) is 84.0 Å². The lowest BCUT2D eigenvalue weighted by Gasteiger charge is -2.34. The van der Waals surface area contributed by atoms with Crippen molar-refractivity contribution in [1.29, 1.82) is 0 Å². The molecule has 1 heterocycles. The number of quaternary nitrogens is 1. The summed E-state index contributed by atoms with van der Waals surface area (Å²) in [6.07, 6.45) is 19.9. The Hall–Kier alpha value is -1.46. The second-order valence-corrected chi connectivity index (χ2v) is 7.43. The Morgan fingerprint density at radius 1 is 1.15 bits per heavy atom. The van der Waals surface area contributed by atoms with Gasteiger partial charge >= 0.3 is 5.97 Å². The number of carboxylic acids is 1. The van der Waals surface area contributed by atoms with Gasteiger partial charge in [0, 0.05) is 13.3 Å². The van der Waals surface area contributed by atoms with Gasteiger partial charge in [0.15, 0.2) is 6.54 Å². The highest BCUT2D eigenvalue weighted by atomic mass is 16.4. The molecule has 1 aliphatic heterocycles. The fourth-order valence-electron chi connectivity index (χ4n) is 3.57. The van der Waals surface area contributed by atoms with E-state index in [0.717, 1.165) is 25.1 Å². The molecule has 0 aromatic rings. The minimum atomic E-state index is -0.842. The first-order valence-corrected chi connectivity index (χ1v) is 10.2. The zero-order valence-corrected chi connectivity index (χ0v) is 16.5. The number of hydrogen-bond acceptors (Lipinski definition) is 3. The summed E-state index contributed by atoms with van der Waals surface area (Å²) in [5.41, 5.74) is 6.08. The van der Waals surface area contributed by atoms with Crippen molar-refractivity contribution >= 4 is 11.8 Å². The number of unbranched alkanes of at least 4 members (excludes halogenated alkanes) is 10. The topological polar surface area (TPSA) is 75.7 Å². The molecule has 26 heavy (non-hydrogen) atoms. The first-order valence-electron chi connectivity index (χ1n) is 10.2. The molecule has 0 radical (unpaired) electrons. The zero-order valence-electron chi connectivity index (χ0n) is 16.5. The molecule has 2 atom stereocenters. The summed E-state index contributed by atoms with van der Waals surface area (Å²) < 4.78 is 0.168. The molecule has 0 aromatic carbocycles. The largest absolute Gasteiger partial charge is 0.477 e. The van der Waals surface area contributed by atoms with E-state index >= 15 is 0 Å². The van der Waals surface area contributed by atoms with Crippen LogP contribution in [0.2, 0.25) is 0 Å². The third kappa shape index (κ3) is 7.83. The van der Waals surface area contributed by atoms with Gasteiger partial charge in [-0.3, -0.25) is 5.73 Å². The highest BCUT2D eigenvalue weighted by Crippen LogP contribution is 2.23. The normalized spacial score (nSPS) is 20.2. The maximum absolute atomic E-state index is 11.2. The van der Waals surface area contributed by atoms with Gasteiger partial charge in [-0.05, 0) is 19.3 Å². The maximum Gasteiger partial charge on any atom is 0.360 e. The van der Waals surface area contributed by atoms with Crippen molar-refractivity contribution in [2.75, 3.05) is 6.54 Å². The number of aliphatic carboxylic acids is 1. The zero-order chi connectivity index (χ0) is 19.3. The molecule has 0 saturated heterocycles. The first kappa shape index (κ1) is 22.6. The van der Waals surface area contributed by atoms with Crippen molar-refractivity contribution in [1.82, 2.24) is 0 Å². The number of carbonyl (C=O) groups is 1. The van der Waals surface area contributed by atoms with Crippen LogP contribution in [-0.4, -0.2) is 34.1 Å². The minimum Gasteiger partial charge on any atom is -0.477 e. The van der Waals surface area contributed by atoms with Gasteiger partial charge in [0.2, 0.25) is 5.84 Å². The van der Waals surface area contributed by atoms with Crippen molar-refractivity contribution in [3.05, 3.63) is 25.1 Å². The van der Waals surface area contributed by atoms with Crippen LogP contribution < -0.4 is 5.73 Å². The highest BCUT2D eigenvalue weighted by molar-refractivity contribution is 5.81. The van der Waals surface area contributed by atoms with Crippen LogP contribution in [0.3, 0.4) is 0 Å². The summed E-state index contributed by atoms with van der Waals surface area (Å²) in [6, 6.07) is 0. The van der Waals surface area contributed by atoms with Crippen molar-refractivity contribution in [3.63, 3.8) is 0 Å². The van der Waals surface area contributed by atoms with Crippen LogP contribution in [-0.2, 0) is 4.79 Å². The highest BCUT2D eigenvalue weighted by Gasteiger charge is 2.40. The van der Waals surface area contributed by atoms with E-state index in [2.05, 4.69) is 11.6 Å². The van der Waals surface area contributed by atoms with Crippen LogP contribution in [0.4, 0.5) is 0 Å². The van der Waals surface area contributed by atoms with E-state index in [4.69, 9.17) is 5.73 Å². The van der Waals surface area contributed by atoms with Crippen LogP contribution >= 0.6 is 0 Å². The monoisotopic (exact) mass is 364 g/mol. The summed E-state index contributed by atoms with van der Waals surface area (Å²) in [7, 11) is 0. The van der Waals surface area contributed by atoms with Gasteiger partial charge in [0.05, 0.1) is 6.20 Å². The van der Waals surface area contributed by atoms with Crippen molar-refractivity contribution < 1.29 is 14.4 Å². The molecule has 5 heteroatoms. The number of hydrogen-bond donors (Lipinski definition) is 2. The van der Waals surface area contributed by atoms with E-state index in [-0.39, 0.29) is 17.2 Å². The van der Waals surface area contributed by atoms with Gasteiger partial charge in [-0.1, -0.05) is 57.4 Å². The van der Waals surface area contributed by atoms with Crippen LogP contribution in [0.5, 0.6) is 0 Å². The number of amidine groups is 1. The molecule has 0 bridgehead atoms. The van der Waals surface area contributed by atoms with Gasteiger partial charge < -0.3 is 5.11 Å². The molecule has 0 spiro atoms. The average Bonchev–Trinajstić information content (AvgIpc) is 2.99. The van der Waals surface area contributed by atoms with E-state index in [0.29, 0.717) is 0 Å². The summed E-state index contributed by atoms with van der Waals surface area (Å²) in [6.45, 7) is 5.58. The Balaban J connectivity index is 2.12. The quantitative estimate of drug-likeness (QED) is 0.231. The average molecular weight is 365 g/mol. The SMILES string of the molecule is C=CCCCCCCCCCCCCC1=NC=C[N+]1(CC(=O)O)C(C)N. The van der Waals surface area contributed by atoms with E-state index in [9.17, 15) is 9.90 Å². The van der Waals surface area contributed by atoms with E-state index in [1.807, 2.05) is 19.2 Å². The van der Waals surface area contributed by atoms with Gasteiger partial charge in [0.1, 0.15) is 12.4 Å². The Morgan fingerprint density at radius 2 is 1.69 bits per heavy atom. The molecular formula is C21H38N3O2+. The Morgan fingerprint density at radius 3 is 2.19 bits per heavy atom. The predicted molar refractivity (Wildman–Crippen MR) is 109 cm³/mol. The lowest BCUT2D eigenvalue weighted by molar-refractivity contribution is -0.805. The number of allylic oxidation sites excluding steroid dienone is 1. The van der Waals surface area contributed by atoms with Gasteiger partial charge in [-0.25, -0.2) is 14.3 Å². The third-order valence-electron chi connectivity index (χ3n) is 5.22. The second kappa shape index (κ2) is 12.8. The minimum absolute atomic E-state index is 0.0280. The molecule has 0 aromatic heterocycles. The Labute approximate surface area is 159 Å². The number of carboxylic acid groups (broad SMARTS) is 1. The van der Waals surface area contributed by atoms with E-state index in [1.165, 1.54) is 57.8 Å². The molecule has 2 unspecified atom stereocenters. The van der Waals surface area contributed by atoms with E-state index < -0.39 is 5.97 Å². The summed E-state index contributed by atoms with van der Waals surface area (Å²) in [5, 5.41) is 9.21. The number of rotatable bonds is 16. The number of nitrogens with zero attached hydrogens (tertiary/aromatic N) is 2. The number of nitrogens with two attached hydrogens (primary N) is 1. The van der Waals surface area contributed by atoms with Crippen LogP contribution in [0.25, 0.3) is 0 Å². The summed E-state index contributed by atoms with van der Waals surface area (Å²) in [4.78, 5) is 15.6. The predicted octanol–water partition coefficient (Wildman–Crippen LogP) is 4.94. The van der Waals surface area contributed by atoms with Gasteiger partial charge in [-0.2, -0.15) is 0 Å². The van der Waals surface area contributed by atoms with Gasteiger partial charge in [-0.15, -0.1) is 6.58 Å². The Bertz CT molecular complexity index is 486. The second-order valence-electron chi connectivity index (χ2n) is 7.43. The van der Waals surface area contributed by atoms with Gasteiger partial charge in [0.25, 0.3) is 0 Å². The van der Waals surface area contributed by atoms with Crippen LogP contribution in [0, 0.1) is 0 Å². The standard InChI is InChI=1S/C21H37N3O2/c1-3-4-5-6-7-8-9-10-11-12-13-14-15-20-23-16-17-24(20,19(2)22)18-21(25)26/h3,16-17,19H,1,4-15,18,22H2,2H3/p+1. The molecule has 5 nitrogen and oxygen atoms in total. The maximum atomic E-state index is 11.2. The van der Waals surface area contributed by atoms with Crippen molar-refractivity contribution in [2.45, 2.75) is 90.1 Å². The molecule has 1 aliphatic rings. The molecule has 3 N–H and O–H groups in total. The first-order chi connectivity index (χ1) is 12.5. The molecule has 0 fully saturated rings. The molecule has 0 saturated carbocycles. The molecule has 0 amide bonds. The molecule has 1 rings (SSSR count). The molecular weight excluding hydrogens is 326 g/mol. The fourth-order valence-corrected chi connectivity index (χ4v) is 3.57.